The number of carbonyl (C=O) groups excluding carboxylic acids is 2. The highest BCUT2D eigenvalue weighted by Crippen LogP contribution is 2.27. The lowest BCUT2D eigenvalue weighted by atomic mass is 9.96. The lowest BCUT2D eigenvalue weighted by Crippen LogP contribution is -2.40. The third-order valence-corrected chi connectivity index (χ3v) is 5.73. The van der Waals surface area contributed by atoms with Crippen molar-refractivity contribution in [1.82, 2.24) is 14.5 Å². The molecule has 2 aliphatic heterocycles. The summed E-state index contributed by atoms with van der Waals surface area (Å²) < 4.78 is 1.80. The number of anilines is 1. The molecule has 2 aromatic rings. The molecule has 0 bridgehead atoms. The minimum Gasteiger partial charge on any atom is -0.372 e. The normalized spacial score (nSPS) is 19.8. The van der Waals surface area contributed by atoms with Crippen LogP contribution in [0, 0.1) is 0 Å². The van der Waals surface area contributed by atoms with Gasteiger partial charge in [0.15, 0.2) is 0 Å². The summed E-state index contributed by atoms with van der Waals surface area (Å²) in [5.41, 5.74) is 7.26. The van der Waals surface area contributed by atoms with Crippen molar-refractivity contribution in [3.05, 3.63) is 48.0 Å². The van der Waals surface area contributed by atoms with E-state index in [-0.39, 0.29) is 24.3 Å². The Kier molecular flexibility index (Phi) is 5.32. The molecule has 0 aliphatic carbocycles. The van der Waals surface area contributed by atoms with Gasteiger partial charge in [0, 0.05) is 55.7 Å². The van der Waals surface area contributed by atoms with E-state index >= 15 is 0 Å². The number of likely N-dealkylation sites (tertiary alicyclic amines) is 1. The van der Waals surface area contributed by atoms with Crippen molar-refractivity contribution < 1.29 is 9.59 Å². The molecule has 2 saturated heterocycles. The second-order valence-electron chi connectivity index (χ2n) is 7.71. The maximum absolute atomic E-state index is 13.0. The van der Waals surface area contributed by atoms with Crippen molar-refractivity contribution >= 4 is 17.5 Å². The first-order chi connectivity index (χ1) is 13.6. The summed E-state index contributed by atoms with van der Waals surface area (Å²) in [5.74, 6) is 0.628. The lowest BCUT2D eigenvalue weighted by Gasteiger charge is -2.32. The molecule has 148 valence electrons. The van der Waals surface area contributed by atoms with Gasteiger partial charge in [0.2, 0.25) is 5.91 Å². The van der Waals surface area contributed by atoms with Crippen molar-refractivity contribution in [1.29, 1.82) is 0 Å². The predicted octanol–water partition coefficient (Wildman–Crippen LogP) is 1.99. The number of imidazole rings is 1. The fourth-order valence-corrected chi connectivity index (χ4v) is 4.33. The van der Waals surface area contributed by atoms with Crippen LogP contribution in [0.4, 0.5) is 5.69 Å². The Morgan fingerprint density at radius 2 is 1.82 bits per heavy atom. The van der Waals surface area contributed by atoms with Gasteiger partial charge in [-0.1, -0.05) is 0 Å². The van der Waals surface area contributed by atoms with Gasteiger partial charge in [-0.3, -0.25) is 9.59 Å². The topological polar surface area (TPSA) is 84.5 Å². The van der Waals surface area contributed by atoms with Crippen LogP contribution in [0.2, 0.25) is 0 Å². The predicted molar refractivity (Wildman–Crippen MR) is 107 cm³/mol. The zero-order chi connectivity index (χ0) is 19.5. The van der Waals surface area contributed by atoms with Crippen molar-refractivity contribution in [3.8, 4) is 0 Å². The summed E-state index contributed by atoms with van der Waals surface area (Å²) in [6, 6.07) is 7.99. The van der Waals surface area contributed by atoms with E-state index in [1.807, 2.05) is 17.0 Å². The van der Waals surface area contributed by atoms with Gasteiger partial charge in [-0.05, 0) is 49.9 Å². The summed E-state index contributed by atoms with van der Waals surface area (Å²) in [7, 11) is 0. The minimum absolute atomic E-state index is 0.0608. The molecule has 0 spiro atoms. The van der Waals surface area contributed by atoms with Crippen molar-refractivity contribution in [2.75, 3.05) is 31.1 Å². The summed E-state index contributed by atoms with van der Waals surface area (Å²) in [6.45, 7) is 3.68. The lowest BCUT2D eigenvalue weighted by molar-refractivity contribution is -0.118. The van der Waals surface area contributed by atoms with Gasteiger partial charge < -0.3 is 20.1 Å². The van der Waals surface area contributed by atoms with E-state index in [0.717, 1.165) is 43.9 Å². The Balaban J connectivity index is 1.45. The number of primary amides is 1. The molecule has 1 aromatic carbocycles. The van der Waals surface area contributed by atoms with E-state index in [4.69, 9.17) is 5.73 Å². The van der Waals surface area contributed by atoms with Crippen LogP contribution in [0.5, 0.6) is 0 Å². The van der Waals surface area contributed by atoms with Gasteiger partial charge in [-0.15, -0.1) is 0 Å². The van der Waals surface area contributed by atoms with Crippen LogP contribution in [0.1, 0.15) is 47.8 Å². The largest absolute Gasteiger partial charge is 0.372 e. The second-order valence-corrected chi connectivity index (χ2v) is 7.71. The molecule has 2 aliphatic rings. The molecule has 7 nitrogen and oxygen atoms in total. The number of carbonyl (C=O) groups is 2. The first-order valence-electron chi connectivity index (χ1n) is 10.1. The van der Waals surface area contributed by atoms with Crippen LogP contribution in [0.25, 0.3) is 0 Å². The SMILES string of the molecule is NC(=O)Cn1ccnc1C1CCCN(C(=O)c2ccc(N3CCCC3)cc2)C1. The fraction of sp³-hybridized carbons (Fsp3) is 0.476. The average Bonchev–Trinajstić information content (AvgIpc) is 3.39. The van der Waals surface area contributed by atoms with Crippen LogP contribution < -0.4 is 10.6 Å². The second kappa shape index (κ2) is 8.04. The number of benzene rings is 1. The van der Waals surface area contributed by atoms with Gasteiger partial charge in [-0.2, -0.15) is 0 Å². The molecule has 3 heterocycles. The Hall–Kier alpha value is -2.83. The maximum atomic E-state index is 13.0. The van der Waals surface area contributed by atoms with E-state index in [9.17, 15) is 9.59 Å². The maximum Gasteiger partial charge on any atom is 0.253 e. The molecule has 2 amide bonds. The highest BCUT2D eigenvalue weighted by molar-refractivity contribution is 5.94. The molecule has 1 aromatic heterocycles. The zero-order valence-electron chi connectivity index (χ0n) is 16.1. The molecular formula is C21H27N5O2. The monoisotopic (exact) mass is 381 g/mol. The molecule has 1 atom stereocenters. The highest BCUT2D eigenvalue weighted by Gasteiger charge is 2.28. The molecule has 1 unspecified atom stereocenters. The number of nitrogens with two attached hydrogens (primary N) is 1. The molecule has 28 heavy (non-hydrogen) atoms. The summed E-state index contributed by atoms with van der Waals surface area (Å²) in [6.07, 6.45) is 7.82. The number of hydrogen-bond donors (Lipinski definition) is 1. The van der Waals surface area contributed by atoms with E-state index in [1.54, 1.807) is 17.0 Å². The molecule has 4 rings (SSSR count). The minimum atomic E-state index is -0.388. The summed E-state index contributed by atoms with van der Waals surface area (Å²) in [4.78, 5) is 33.0. The van der Waals surface area contributed by atoms with E-state index < -0.39 is 0 Å². The number of hydrogen-bond acceptors (Lipinski definition) is 4. The van der Waals surface area contributed by atoms with E-state index in [1.165, 1.54) is 18.5 Å². The molecule has 7 heteroatoms. The Bertz CT molecular complexity index is 839. The number of nitrogens with zero attached hydrogens (tertiary/aromatic N) is 4. The van der Waals surface area contributed by atoms with Crippen molar-refractivity contribution in [2.24, 2.45) is 5.73 Å². The van der Waals surface area contributed by atoms with Crippen LogP contribution in [0.3, 0.4) is 0 Å². The molecule has 2 fully saturated rings. The molecule has 2 N–H and O–H groups in total. The zero-order valence-corrected chi connectivity index (χ0v) is 16.1. The number of rotatable bonds is 5. The first kappa shape index (κ1) is 18.5. The third-order valence-electron chi connectivity index (χ3n) is 5.73. The highest BCUT2D eigenvalue weighted by atomic mass is 16.2. The van der Waals surface area contributed by atoms with Crippen molar-refractivity contribution in [3.63, 3.8) is 0 Å². The molecule has 0 saturated carbocycles. The standard InChI is InChI=1S/C21H27N5O2/c22-19(27)15-25-13-9-23-20(25)17-4-3-12-26(14-17)21(28)16-5-7-18(8-6-16)24-10-1-2-11-24/h5-9,13,17H,1-4,10-12,14-15H2,(H2,22,27). The molecular weight excluding hydrogens is 354 g/mol. The fourth-order valence-electron chi connectivity index (χ4n) is 4.33. The smallest absolute Gasteiger partial charge is 0.253 e. The molecule has 0 radical (unpaired) electrons. The first-order valence-corrected chi connectivity index (χ1v) is 10.1. The summed E-state index contributed by atoms with van der Waals surface area (Å²) >= 11 is 0. The van der Waals surface area contributed by atoms with Gasteiger partial charge >= 0.3 is 0 Å². The third kappa shape index (κ3) is 3.88. The van der Waals surface area contributed by atoms with E-state index in [2.05, 4.69) is 22.0 Å². The van der Waals surface area contributed by atoms with Gasteiger partial charge in [-0.25, -0.2) is 4.98 Å². The Labute approximate surface area is 165 Å². The Morgan fingerprint density at radius 1 is 1.07 bits per heavy atom. The van der Waals surface area contributed by atoms with Gasteiger partial charge in [0.05, 0.1) is 0 Å². The number of amides is 2. The summed E-state index contributed by atoms with van der Waals surface area (Å²) in [5, 5.41) is 0. The van der Waals surface area contributed by atoms with Crippen LogP contribution >= 0.6 is 0 Å². The van der Waals surface area contributed by atoms with Crippen LogP contribution in [0.15, 0.2) is 36.7 Å². The Morgan fingerprint density at radius 3 is 2.54 bits per heavy atom. The van der Waals surface area contributed by atoms with Crippen LogP contribution in [-0.4, -0.2) is 52.4 Å². The van der Waals surface area contributed by atoms with Crippen molar-refractivity contribution in [2.45, 2.75) is 38.1 Å². The van der Waals surface area contributed by atoms with Crippen LogP contribution in [-0.2, 0) is 11.3 Å². The van der Waals surface area contributed by atoms with Gasteiger partial charge in [0.1, 0.15) is 12.4 Å². The number of aromatic nitrogens is 2. The van der Waals surface area contributed by atoms with Gasteiger partial charge in [0.25, 0.3) is 5.91 Å². The quantitative estimate of drug-likeness (QED) is 0.858. The number of piperidine rings is 1. The van der Waals surface area contributed by atoms with E-state index in [0.29, 0.717) is 6.54 Å². The average molecular weight is 381 g/mol.